The van der Waals surface area contributed by atoms with Crippen molar-refractivity contribution in [3.05, 3.63) is 63.0 Å². The highest BCUT2D eigenvalue weighted by Gasteiger charge is 2.11. The minimum absolute atomic E-state index is 0.0662. The lowest BCUT2D eigenvalue weighted by atomic mass is 10.3. The van der Waals surface area contributed by atoms with Gasteiger partial charge in [-0.15, -0.1) is 0 Å². The number of hydrogen-bond donors (Lipinski definition) is 0. The Bertz CT molecular complexity index is 643. The maximum absolute atomic E-state index is 13.4. The van der Waals surface area contributed by atoms with Gasteiger partial charge in [-0.25, -0.2) is 4.39 Å². The molecule has 0 N–H and O–H groups in total. The first kappa shape index (κ1) is 13.7. The highest BCUT2D eigenvalue weighted by atomic mass is 79.9. The standard InChI is InChI=1S/C13H10BrF2NO2/c14-9-7-10(15)13(16)11(8-9)19-6-5-17-4-2-1-3-12(17)18/h1-4,7-8H,5-6H2. The molecule has 6 heteroatoms. The zero-order valence-electron chi connectivity index (χ0n) is 9.78. The van der Waals surface area contributed by atoms with Crippen molar-refractivity contribution in [1.82, 2.24) is 4.57 Å². The maximum Gasteiger partial charge on any atom is 0.250 e. The molecule has 2 rings (SSSR count). The van der Waals surface area contributed by atoms with Gasteiger partial charge < -0.3 is 9.30 Å². The third-order valence-electron chi connectivity index (χ3n) is 2.45. The molecule has 0 aliphatic rings. The Labute approximate surface area is 116 Å². The van der Waals surface area contributed by atoms with Crippen molar-refractivity contribution in [1.29, 1.82) is 0 Å². The molecule has 1 heterocycles. The molecule has 0 fully saturated rings. The van der Waals surface area contributed by atoms with Crippen molar-refractivity contribution in [2.45, 2.75) is 6.54 Å². The second kappa shape index (κ2) is 5.97. The summed E-state index contributed by atoms with van der Waals surface area (Å²) in [5.74, 6) is -2.21. The molecule has 0 aliphatic heterocycles. The van der Waals surface area contributed by atoms with Gasteiger partial charge in [0.2, 0.25) is 5.82 Å². The van der Waals surface area contributed by atoms with Gasteiger partial charge in [0.1, 0.15) is 6.61 Å². The number of benzene rings is 1. The van der Waals surface area contributed by atoms with Crippen molar-refractivity contribution in [3.8, 4) is 5.75 Å². The topological polar surface area (TPSA) is 31.2 Å². The summed E-state index contributed by atoms with van der Waals surface area (Å²) >= 11 is 3.05. The van der Waals surface area contributed by atoms with E-state index in [0.29, 0.717) is 4.47 Å². The SMILES string of the molecule is O=c1ccccn1CCOc1cc(Br)cc(F)c1F. The van der Waals surface area contributed by atoms with E-state index in [-0.39, 0.29) is 24.5 Å². The fourth-order valence-electron chi connectivity index (χ4n) is 1.54. The predicted octanol–water partition coefficient (Wildman–Crippen LogP) is 2.97. The zero-order chi connectivity index (χ0) is 13.8. The van der Waals surface area contributed by atoms with Gasteiger partial charge in [-0.1, -0.05) is 22.0 Å². The Balaban J connectivity index is 2.04. The first-order valence-corrected chi connectivity index (χ1v) is 6.30. The fraction of sp³-hybridized carbons (Fsp3) is 0.154. The van der Waals surface area contributed by atoms with Crippen molar-refractivity contribution >= 4 is 15.9 Å². The molecule has 0 saturated carbocycles. The molecule has 100 valence electrons. The van der Waals surface area contributed by atoms with Crippen molar-refractivity contribution < 1.29 is 13.5 Å². The van der Waals surface area contributed by atoms with Crippen LogP contribution < -0.4 is 10.3 Å². The second-order valence-corrected chi connectivity index (χ2v) is 4.70. The summed E-state index contributed by atoms with van der Waals surface area (Å²) in [6.45, 7) is 0.323. The highest BCUT2D eigenvalue weighted by Crippen LogP contribution is 2.25. The number of nitrogens with zero attached hydrogens (tertiary/aromatic N) is 1. The minimum Gasteiger partial charge on any atom is -0.488 e. The summed E-state index contributed by atoms with van der Waals surface area (Å²) in [5.41, 5.74) is -0.174. The molecule has 0 saturated heterocycles. The van der Waals surface area contributed by atoms with E-state index in [1.165, 1.54) is 16.7 Å². The summed E-state index contributed by atoms with van der Waals surface area (Å²) in [5, 5.41) is 0. The number of pyridine rings is 1. The molecule has 19 heavy (non-hydrogen) atoms. The van der Waals surface area contributed by atoms with Gasteiger partial charge in [0.25, 0.3) is 5.56 Å². The lowest BCUT2D eigenvalue weighted by molar-refractivity contribution is 0.277. The van der Waals surface area contributed by atoms with Crippen LogP contribution in [-0.2, 0) is 6.54 Å². The van der Waals surface area contributed by atoms with Crippen LogP contribution in [0, 0.1) is 11.6 Å². The Morgan fingerprint density at radius 3 is 2.79 bits per heavy atom. The molecule has 0 unspecified atom stereocenters. The first-order chi connectivity index (χ1) is 9.08. The third kappa shape index (κ3) is 3.41. The van der Waals surface area contributed by atoms with E-state index < -0.39 is 11.6 Å². The van der Waals surface area contributed by atoms with Crippen LogP contribution in [0.4, 0.5) is 8.78 Å². The Kier molecular flexibility index (Phi) is 4.31. The van der Waals surface area contributed by atoms with Gasteiger partial charge in [-0.2, -0.15) is 4.39 Å². The Morgan fingerprint density at radius 2 is 2.05 bits per heavy atom. The predicted molar refractivity (Wildman–Crippen MR) is 70.3 cm³/mol. The van der Waals surface area contributed by atoms with E-state index in [2.05, 4.69) is 15.9 Å². The molecule has 1 aromatic carbocycles. The van der Waals surface area contributed by atoms with Crippen LogP contribution in [0.1, 0.15) is 0 Å². The number of halogens is 3. The molecule has 0 aliphatic carbocycles. The van der Waals surface area contributed by atoms with E-state index in [0.717, 1.165) is 6.07 Å². The van der Waals surface area contributed by atoms with Crippen LogP contribution in [0.15, 0.2) is 45.8 Å². The molecule has 2 aromatic rings. The van der Waals surface area contributed by atoms with E-state index in [4.69, 9.17) is 4.74 Å². The molecule has 1 aromatic heterocycles. The monoisotopic (exact) mass is 329 g/mol. The quantitative estimate of drug-likeness (QED) is 0.807. The molecular formula is C13H10BrF2NO2. The third-order valence-corrected chi connectivity index (χ3v) is 2.91. The Morgan fingerprint density at radius 1 is 1.26 bits per heavy atom. The van der Waals surface area contributed by atoms with Crippen molar-refractivity contribution in [3.63, 3.8) is 0 Å². The van der Waals surface area contributed by atoms with E-state index in [9.17, 15) is 13.6 Å². The van der Waals surface area contributed by atoms with Crippen molar-refractivity contribution in [2.75, 3.05) is 6.61 Å². The van der Waals surface area contributed by atoms with Gasteiger partial charge in [-0.05, 0) is 18.2 Å². The molecule has 0 amide bonds. The summed E-state index contributed by atoms with van der Waals surface area (Å²) in [4.78, 5) is 11.4. The van der Waals surface area contributed by atoms with E-state index >= 15 is 0 Å². The molecule has 0 radical (unpaired) electrons. The first-order valence-electron chi connectivity index (χ1n) is 5.51. The number of aromatic nitrogens is 1. The lowest BCUT2D eigenvalue weighted by Crippen LogP contribution is -2.21. The molecule has 0 spiro atoms. The number of ether oxygens (including phenoxy) is 1. The van der Waals surface area contributed by atoms with Crippen LogP contribution in [0.25, 0.3) is 0 Å². The van der Waals surface area contributed by atoms with Crippen molar-refractivity contribution in [2.24, 2.45) is 0 Å². The minimum atomic E-state index is -1.04. The van der Waals surface area contributed by atoms with E-state index in [1.54, 1.807) is 18.3 Å². The van der Waals surface area contributed by atoms with Gasteiger partial charge >= 0.3 is 0 Å². The van der Waals surface area contributed by atoms with Crippen LogP contribution in [0.3, 0.4) is 0 Å². The van der Waals surface area contributed by atoms with Gasteiger partial charge in [0.05, 0.1) is 6.54 Å². The van der Waals surface area contributed by atoms with Gasteiger partial charge in [-0.3, -0.25) is 4.79 Å². The van der Waals surface area contributed by atoms with Crippen LogP contribution in [-0.4, -0.2) is 11.2 Å². The molecular weight excluding hydrogens is 320 g/mol. The zero-order valence-corrected chi connectivity index (χ0v) is 11.4. The largest absolute Gasteiger partial charge is 0.488 e. The van der Waals surface area contributed by atoms with Crippen LogP contribution in [0.2, 0.25) is 0 Å². The summed E-state index contributed by atoms with van der Waals surface area (Å²) in [7, 11) is 0. The summed E-state index contributed by atoms with van der Waals surface area (Å²) < 4.78 is 33.5. The average molecular weight is 330 g/mol. The average Bonchev–Trinajstić information content (AvgIpc) is 2.37. The highest BCUT2D eigenvalue weighted by molar-refractivity contribution is 9.10. The number of hydrogen-bond acceptors (Lipinski definition) is 2. The van der Waals surface area contributed by atoms with Crippen LogP contribution in [0.5, 0.6) is 5.75 Å². The maximum atomic E-state index is 13.4. The number of rotatable bonds is 4. The fourth-order valence-corrected chi connectivity index (χ4v) is 1.95. The van der Waals surface area contributed by atoms with Crippen LogP contribution >= 0.6 is 15.9 Å². The molecule has 3 nitrogen and oxygen atoms in total. The van der Waals surface area contributed by atoms with E-state index in [1.807, 2.05) is 0 Å². The Hall–Kier alpha value is -1.69. The summed E-state index contributed by atoms with van der Waals surface area (Å²) in [6.07, 6.45) is 1.60. The van der Waals surface area contributed by atoms with Gasteiger partial charge in [0, 0.05) is 16.7 Å². The molecule has 0 bridgehead atoms. The molecule has 0 atom stereocenters. The second-order valence-electron chi connectivity index (χ2n) is 3.78. The smallest absolute Gasteiger partial charge is 0.250 e. The normalized spacial score (nSPS) is 10.5. The van der Waals surface area contributed by atoms with Gasteiger partial charge in [0.15, 0.2) is 11.6 Å². The summed E-state index contributed by atoms with van der Waals surface area (Å²) in [6, 6.07) is 7.11. The lowest BCUT2D eigenvalue weighted by Gasteiger charge is -2.09.